The number of benzene rings is 3. The van der Waals surface area contributed by atoms with Crippen LogP contribution in [0.1, 0.15) is 26.3 Å². The van der Waals surface area contributed by atoms with Gasteiger partial charge >= 0.3 is 0 Å². The van der Waals surface area contributed by atoms with E-state index in [9.17, 15) is 14.7 Å². The summed E-state index contributed by atoms with van der Waals surface area (Å²) in [6.45, 7) is 5.37. The van der Waals surface area contributed by atoms with Gasteiger partial charge in [-0.05, 0) is 49.9 Å². The van der Waals surface area contributed by atoms with Crippen LogP contribution in [0, 0.1) is 0 Å². The summed E-state index contributed by atoms with van der Waals surface area (Å²) in [6, 6.07) is 17.6. The first-order valence-electron chi connectivity index (χ1n) is 12.1. The van der Waals surface area contributed by atoms with Gasteiger partial charge in [-0.25, -0.2) is 0 Å². The number of amides is 2. The molecule has 0 saturated carbocycles. The largest absolute Gasteiger partial charge is 0.496 e. The highest BCUT2D eigenvalue weighted by Gasteiger charge is 2.41. The van der Waals surface area contributed by atoms with E-state index >= 15 is 0 Å². The fourth-order valence-corrected chi connectivity index (χ4v) is 4.90. The maximum absolute atomic E-state index is 14.2. The minimum absolute atomic E-state index is 0.185. The van der Waals surface area contributed by atoms with Crippen LogP contribution in [0.2, 0.25) is 0 Å². The molecule has 1 heterocycles. The molecule has 1 aliphatic rings. The number of methoxy groups -OCH3 is 1. The van der Waals surface area contributed by atoms with Gasteiger partial charge in [-0.2, -0.15) is 0 Å². The average molecular weight is 491 g/mol. The highest BCUT2D eigenvalue weighted by molar-refractivity contribution is 6.07. The number of ether oxygens (including phenoxy) is 1. The molecule has 4 rings (SSSR count). The molecule has 3 aromatic carbocycles. The average Bonchev–Trinajstić information content (AvgIpc) is 2.97. The quantitative estimate of drug-likeness (QED) is 0.441. The Bertz CT molecular complexity index is 1260. The van der Waals surface area contributed by atoms with Crippen molar-refractivity contribution in [2.45, 2.75) is 51.7 Å². The van der Waals surface area contributed by atoms with Gasteiger partial charge in [0, 0.05) is 18.5 Å². The molecular weight excluding hydrogens is 456 g/mol. The fourth-order valence-electron chi connectivity index (χ4n) is 4.90. The molecule has 36 heavy (non-hydrogen) atoms. The molecule has 3 N–H and O–H groups in total. The number of rotatable bonds is 7. The normalized spacial score (nSPS) is 19.6. The van der Waals surface area contributed by atoms with Gasteiger partial charge in [-0.15, -0.1) is 0 Å². The van der Waals surface area contributed by atoms with Crippen LogP contribution in [0.4, 0.5) is 11.4 Å². The molecule has 8 nitrogen and oxygen atoms in total. The summed E-state index contributed by atoms with van der Waals surface area (Å²) in [7, 11) is 3.36. The number of hydrogen-bond donors (Lipinski definition) is 3. The molecule has 3 aromatic rings. The molecule has 2 amide bonds. The highest BCUT2D eigenvalue weighted by Crippen LogP contribution is 2.38. The third-order valence-electron chi connectivity index (χ3n) is 7.01. The number of anilines is 2. The van der Waals surface area contributed by atoms with Gasteiger partial charge in [-0.1, -0.05) is 42.5 Å². The van der Waals surface area contributed by atoms with Gasteiger partial charge in [0.25, 0.3) is 0 Å². The van der Waals surface area contributed by atoms with E-state index in [2.05, 4.69) is 10.6 Å². The summed E-state index contributed by atoms with van der Waals surface area (Å²) in [4.78, 5) is 30.4. The number of nitrogens with one attached hydrogen (secondary N) is 2. The first-order valence-corrected chi connectivity index (χ1v) is 12.1. The van der Waals surface area contributed by atoms with Crippen LogP contribution in [0.3, 0.4) is 0 Å². The Balaban J connectivity index is 1.88. The number of para-hydroxylation sites is 2. The van der Waals surface area contributed by atoms with E-state index in [0.29, 0.717) is 17.1 Å². The minimum Gasteiger partial charge on any atom is -0.496 e. The van der Waals surface area contributed by atoms with Crippen molar-refractivity contribution in [1.29, 1.82) is 0 Å². The first-order chi connectivity index (χ1) is 17.3. The molecular formula is C28H34N4O4. The zero-order valence-corrected chi connectivity index (χ0v) is 21.4. The van der Waals surface area contributed by atoms with Crippen LogP contribution in [-0.4, -0.2) is 55.4 Å². The van der Waals surface area contributed by atoms with E-state index in [0.717, 1.165) is 16.3 Å². The topological polar surface area (TPSA) is 94.1 Å². The smallest absolute Gasteiger partial charge is 0.246 e. The Hall–Kier alpha value is -3.46. The number of carbonyl (C=O) groups is 2. The summed E-state index contributed by atoms with van der Waals surface area (Å²) >= 11 is 0. The van der Waals surface area contributed by atoms with Crippen LogP contribution in [0.15, 0.2) is 60.7 Å². The molecule has 0 spiro atoms. The molecule has 190 valence electrons. The maximum atomic E-state index is 14.2. The molecule has 0 radical (unpaired) electrons. The van der Waals surface area contributed by atoms with Crippen molar-refractivity contribution in [3.05, 3.63) is 66.2 Å². The highest BCUT2D eigenvalue weighted by atomic mass is 16.5. The third-order valence-corrected chi connectivity index (χ3v) is 7.01. The maximum Gasteiger partial charge on any atom is 0.246 e. The lowest BCUT2D eigenvalue weighted by atomic mass is 10.0. The van der Waals surface area contributed by atoms with Crippen molar-refractivity contribution < 1.29 is 19.4 Å². The number of fused-ring (bicyclic) bond motifs is 2. The number of carbonyl (C=O) groups excluding carboxylic acids is 2. The van der Waals surface area contributed by atoms with E-state index in [4.69, 9.17) is 4.74 Å². The molecule has 4 unspecified atom stereocenters. The zero-order chi connectivity index (χ0) is 26.0. The van der Waals surface area contributed by atoms with Gasteiger partial charge in [-0.3, -0.25) is 14.9 Å². The van der Waals surface area contributed by atoms with Crippen molar-refractivity contribution in [3.63, 3.8) is 0 Å². The van der Waals surface area contributed by atoms with Gasteiger partial charge in [0.2, 0.25) is 11.8 Å². The summed E-state index contributed by atoms with van der Waals surface area (Å²) in [6.07, 6.45) is -1.00. The lowest BCUT2D eigenvalue weighted by molar-refractivity contribution is -0.122. The van der Waals surface area contributed by atoms with Crippen LogP contribution in [0.5, 0.6) is 5.75 Å². The Labute approximate surface area is 211 Å². The predicted molar refractivity (Wildman–Crippen MR) is 142 cm³/mol. The van der Waals surface area contributed by atoms with Gasteiger partial charge in [0.05, 0.1) is 31.1 Å². The summed E-state index contributed by atoms with van der Waals surface area (Å²) in [5, 5.41) is 18.9. The van der Waals surface area contributed by atoms with Crippen LogP contribution in [0.25, 0.3) is 10.8 Å². The molecule has 0 bridgehead atoms. The third kappa shape index (κ3) is 4.67. The standard InChI is InChI=1S/C28H34N4O4/c1-17(29-4)27(34)30-26-18(2)32(19(3)33)24-13-9-8-12-23(24)31(28(26)35)16-22-21-11-7-6-10-20(21)14-15-25(22)36-5/h6-15,17-18,26-27,29-30,34H,16H2,1-5H3. The molecule has 0 saturated heterocycles. The molecule has 0 aromatic heterocycles. The molecule has 8 heteroatoms. The second-order valence-electron chi connectivity index (χ2n) is 9.18. The van der Waals surface area contributed by atoms with Crippen molar-refractivity contribution >= 4 is 34.0 Å². The van der Waals surface area contributed by atoms with Gasteiger partial charge < -0.3 is 25.0 Å². The van der Waals surface area contributed by atoms with Gasteiger partial charge in [0.15, 0.2) is 0 Å². The zero-order valence-electron chi connectivity index (χ0n) is 21.4. The van der Waals surface area contributed by atoms with Crippen LogP contribution in [-0.2, 0) is 16.1 Å². The summed E-state index contributed by atoms with van der Waals surface area (Å²) in [5.41, 5.74) is 2.14. The molecule has 0 aliphatic carbocycles. The van der Waals surface area contributed by atoms with E-state index in [1.165, 1.54) is 6.92 Å². The summed E-state index contributed by atoms with van der Waals surface area (Å²) in [5.74, 6) is 0.249. The Morgan fingerprint density at radius 1 is 1.08 bits per heavy atom. The van der Waals surface area contributed by atoms with Crippen LogP contribution < -0.4 is 25.2 Å². The van der Waals surface area contributed by atoms with E-state index in [1.807, 2.05) is 74.5 Å². The summed E-state index contributed by atoms with van der Waals surface area (Å²) < 4.78 is 5.70. The monoisotopic (exact) mass is 490 g/mol. The van der Waals surface area contributed by atoms with Crippen molar-refractivity contribution in [1.82, 2.24) is 10.6 Å². The Morgan fingerprint density at radius 3 is 2.42 bits per heavy atom. The number of likely N-dealkylation sites (N-methyl/N-ethyl adjacent to an activating group) is 1. The molecule has 1 aliphatic heterocycles. The van der Waals surface area contributed by atoms with Crippen molar-refractivity contribution in [3.8, 4) is 5.75 Å². The fraction of sp³-hybridized carbons (Fsp3) is 0.357. The first kappa shape index (κ1) is 25.6. The molecule has 4 atom stereocenters. The second-order valence-corrected chi connectivity index (χ2v) is 9.18. The van der Waals surface area contributed by atoms with Crippen LogP contribution >= 0.6 is 0 Å². The molecule has 0 fully saturated rings. The Kier molecular flexibility index (Phi) is 7.59. The lowest BCUT2D eigenvalue weighted by Crippen LogP contribution is -2.61. The number of nitrogens with zero attached hydrogens (tertiary/aromatic N) is 2. The van der Waals surface area contributed by atoms with E-state index in [-0.39, 0.29) is 24.4 Å². The predicted octanol–water partition coefficient (Wildman–Crippen LogP) is 3.02. The van der Waals surface area contributed by atoms with Gasteiger partial charge in [0.1, 0.15) is 18.0 Å². The second kappa shape index (κ2) is 10.7. The number of aliphatic hydroxyl groups excluding tert-OH is 1. The van der Waals surface area contributed by atoms with Crippen molar-refractivity contribution in [2.75, 3.05) is 24.0 Å². The van der Waals surface area contributed by atoms with E-state index < -0.39 is 18.3 Å². The minimum atomic E-state index is -1.00. The Morgan fingerprint density at radius 2 is 1.75 bits per heavy atom. The lowest BCUT2D eigenvalue weighted by Gasteiger charge is -2.34. The van der Waals surface area contributed by atoms with Crippen molar-refractivity contribution in [2.24, 2.45) is 0 Å². The number of hydrogen-bond acceptors (Lipinski definition) is 6. The SMILES string of the molecule is CNC(C)C(O)NC1C(=O)N(Cc2c(OC)ccc3ccccc23)c2ccccc2N(C(C)=O)C1C. The van der Waals surface area contributed by atoms with E-state index in [1.54, 1.807) is 24.0 Å². The number of aliphatic hydroxyl groups is 1.